The first-order valence-corrected chi connectivity index (χ1v) is 6.57. The number of aromatic nitrogens is 2. The molecule has 6 heteroatoms. The molecule has 1 atom stereocenters. The molecule has 0 fully saturated rings. The Labute approximate surface area is 118 Å². The summed E-state index contributed by atoms with van der Waals surface area (Å²) in [6, 6.07) is -0.912. The SMILES string of the molecule is Cc1nc(C)c(C(=O)N[C@@H](CC(C)C)C(=O)O)nc1C. The first-order chi connectivity index (χ1) is 9.22. The Kier molecular flexibility index (Phi) is 5.19. The second kappa shape index (κ2) is 6.45. The van der Waals surface area contributed by atoms with Gasteiger partial charge in [0.2, 0.25) is 0 Å². The summed E-state index contributed by atoms with van der Waals surface area (Å²) < 4.78 is 0. The second-order valence-corrected chi connectivity index (χ2v) is 5.32. The zero-order chi connectivity index (χ0) is 15.4. The van der Waals surface area contributed by atoms with Crippen LogP contribution in [0.1, 0.15) is 47.8 Å². The summed E-state index contributed by atoms with van der Waals surface area (Å²) in [6.45, 7) is 9.08. The van der Waals surface area contributed by atoms with E-state index in [9.17, 15) is 9.59 Å². The first kappa shape index (κ1) is 16.1. The molecule has 1 amide bonds. The summed E-state index contributed by atoms with van der Waals surface area (Å²) in [5.74, 6) is -1.36. The predicted octanol–water partition coefficient (Wildman–Crippen LogP) is 1.63. The number of aryl methyl sites for hydroxylation is 3. The molecule has 0 unspecified atom stereocenters. The molecule has 0 aliphatic rings. The van der Waals surface area contributed by atoms with Crippen molar-refractivity contribution in [3.05, 3.63) is 22.8 Å². The number of hydrogen-bond acceptors (Lipinski definition) is 4. The highest BCUT2D eigenvalue weighted by Crippen LogP contribution is 2.09. The molecule has 1 heterocycles. The Bertz CT molecular complexity index is 527. The largest absolute Gasteiger partial charge is 0.480 e. The van der Waals surface area contributed by atoms with E-state index in [2.05, 4.69) is 15.3 Å². The fourth-order valence-electron chi connectivity index (χ4n) is 1.85. The van der Waals surface area contributed by atoms with E-state index >= 15 is 0 Å². The van der Waals surface area contributed by atoms with Gasteiger partial charge in [0, 0.05) is 0 Å². The van der Waals surface area contributed by atoms with Gasteiger partial charge in [-0.05, 0) is 33.1 Å². The van der Waals surface area contributed by atoms with Gasteiger partial charge in [-0.15, -0.1) is 0 Å². The molecule has 110 valence electrons. The highest BCUT2D eigenvalue weighted by atomic mass is 16.4. The standard InChI is InChI=1S/C14H21N3O3/c1-7(2)6-11(14(19)20)17-13(18)12-10(5)15-8(3)9(4)16-12/h7,11H,6H2,1-5H3,(H,17,18)(H,19,20)/t11-/m0/s1. The lowest BCUT2D eigenvalue weighted by Crippen LogP contribution is -2.42. The Morgan fingerprint density at radius 1 is 1.10 bits per heavy atom. The third kappa shape index (κ3) is 4.01. The van der Waals surface area contributed by atoms with Crippen LogP contribution in [0.2, 0.25) is 0 Å². The predicted molar refractivity (Wildman–Crippen MR) is 74.6 cm³/mol. The van der Waals surface area contributed by atoms with Crippen molar-refractivity contribution in [1.29, 1.82) is 0 Å². The van der Waals surface area contributed by atoms with Crippen molar-refractivity contribution in [2.24, 2.45) is 5.92 Å². The number of carboxylic acid groups (broad SMARTS) is 1. The van der Waals surface area contributed by atoms with E-state index in [0.29, 0.717) is 17.8 Å². The minimum absolute atomic E-state index is 0.170. The summed E-state index contributed by atoms with van der Waals surface area (Å²) in [7, 11) is 0. The third-order valence-electron chi connectivity index (χ3n) is 3.01. The van der Waals surface area contributed by atoms with Crippen LogP contribution in [0.15, 0.2) is 0 Å². The van der Waals surface area contributed by atoms with Crippen molar-refractivity contribution in [3.63, 3.8) is 0 Å². The number of carbonyl (C=O) groups excluding carboxylic acids is 1. The van der Waals surface area contributed by atoms with Crippen molar-refractivity contribution in [3.8, 4) is 0 Å². The molecule has 0 spiro atoms. The molecule has 1 aromatic heterocycles. The van der Waals surface area contributed by atoms with Crippen LogP contribution < -0.4 is 5.32 Å². The van der Waals surface area contributed by atoms with E-state index in [1.54, 1.807) is 13.8 Å². The van der Waals surface area contributed by atoms with Crippen LogP contribution in [0.4, 0.5) is 0 Å². The quantitative estimate of drug-likeness (QED) is 0.854. The highest BCUT2D eigenvalue weighted by molar-refractivity contribution is 5.95. The van der Waals surface area contributed by atoms with Crippen molar-refractivity contribution in [1.82, 2.24) is 15.3 Å². The van der Waals surface area contributed by atoms with Gasteiger partial charge in [0.25, 0.3) is 5.91 Å². The van der Waals surface area contributed by atoms with Crippen LogP contribution >= 0.6 is 0 Å². The number of nitrogens with one attached hydrogen (secondary N) is 1. The lowest BCUT2D eigenvalue weighted by molar-refractivity contribution is -0.139. The van der Waals surface area contributed by atoms with E-state index in [0.717, 1.165) is 5.69 Å². The lowest BCUT2D eigenvalue weighted by atomic mass is 10.0. The average Bonchev–Trinajstić information content (AvgIpc) is 2.32. The minimum atomic E-state index is -1.04. The molecule has 6 nitrogen and oxygen atoms in total. The van der Waals surface area contributed by atoms with Crippen molar-refractivity contribution >= 4 is 11.9 Å². The molecule has 0 saturated heterocycles. The molecule has 0 saturated carbocycles. The topological polar surface area (TPSA) is 92.2 Å². The minimum Gasteiger partial charge on any atom is -0.480 e. The van der Waals surface area contributed by atoms with Gasteiger partial charge in [0.15, 0.2) is 0 Å². The van der Waals surface area contributed by atoms with Crippen LogP contribution in [0.5, 0.6) is 0 Å². The zero-order valence-corrected chi connectivity index (χ0v) is 12.5. The molecular weight excluding hydrogens is 258 g/mol. The van der Waals surface area contributed by atoms with Gasteiger partial charge in [-0.1, -0.05) is 13.8 Å². The number of amides is 1. The Morgan fingerprint density at radius 3 is 2.15 bits per heavy atom. The van der Waals surface area contributed by atoms with Crippen LogP contribution in [-0.2, 0) is 4.79 Å². The normalized spacial score (nSPS) is 12.3. The van der Waals surface area contributed by atoms with Gasteiger partial charge in [-0.25, -0.2) is 9.78 Å². The smallest absolute Gasteiger partial charge is 0.326 e. The van der Waals surface area contributed by atoms with Crippen molar-refractivity contribution < 1.29 is 14.7 Å². The number of rotatable bonds is 5. The third-order valence-corrected chi connectivity index (χ3v) is 3.01. The summed E-state index contributed by atoms with van der Waals surface area (Å²) >= 11 is 0. The number of nitrogens with zero attached hydrogens (tertiary/aromatic N) is 2. The summed E-state index contributed by atoms with van der Waals surface area (Å²) in [5, 5.41) is 11.6. The molecule has 0 aliphatic carbocycles. The van der Waals surface area contributed by atoms with Gasteiger partial charge in [-0.2, -0.15) is 0 Å². The molecule has 0 bridgehead atoms. The number of aliphatic carboxylic acids is 1. The molecular formula is C14H21N3O3. The molecule has 0 aromatic carbocycles. The van der Waals surface area contributed by atoms with Crippen LogP contribution in [0.3, 0.4) is 0 Å². The van der Waals surface area contributed by atoms with E-state index in [-0.39, 0.29) is 11.6 Å². The second-order valence-electron chi connectivity index (χ2n) is 5.32. The molecule has 0 radical (unpaired) electrons. The Balaban J connectivity index is 2.95. The average molecular weight is 279 g/mol. The molecule has 0 aliphatic heterocycles. The van der Waals surface area contributed by atoms with Crippen molar-refractivity contribution in [2.75, 3.05) is 0 Å². The fraction of sp³-hybridized carbons (Fsp3) is 0.571. The maximum absolute atomic E-state index is 12.1. The van der Waals surface area contributed by atoms with Gasteiger partial charge < -0.3 is 10.4 Å². The Hall–Kier alpha value is -1.98. The van der Waals surface area contributed by atoms with E-state index in [4.69, 9.17) is 5.11 Å². The van der Waals surface area contributed by atoms with Crippen LogP contribution in [0.25, 0.3) is 0 Å². The first-order valence-electron chi connectivity index (χ1n) is 6.57. The summed E-state index contributed by atoms with van der Waals surface area (Å²) in [4.78, 5) is 31.7. The fourth-order valence-corrected chi connectivity index (χ4v) is 1.85. The maximum atomic E-state index is 12.1. The van der Waals surface area contributed by atoms with Gasteiger partial charge in [0.05, 0.1) is 17.1 Å². The molecule has 2 N–H and O–H groups in total. The number of hydrogen-bond donors (Lipinski definition) is 2. The molecule has 20 heavy (non-hydrogen) atoms. The van der Waals surface area contributed by atoms with Crippen LogP contribution in [0, 0.1) is 26.7 Å². The number of carboxylic acids is 1. The van der Waals surface area contributed by atoms with E-state index < -0.39 is 17.9 Å². The number of carbonyl (C=O) groups is 2. The van der Waals surface area contributed by atoms with Crippen molar-refractivity contribution in [2.45, 2.75) is 47.1 Å². The van der Waals surface area contributed by atoms with Crippen LogP contribution in [-0.4, -0.2) is 33.0 Å². The van der Waals surface area contributed by atoms with E-state index in [1.807, 2.05) is 20.8 Å². The molecule has 1 aromatic rings. The molecule has 1 rings (SSSR count). The monoisotopic (exact) mass is 279 g/mol. The van der Waals surface area contributed by atoms with Gasteiger partial charge >= 0.3 is 5.97 Å². The lowest BCUT2D eigenvalue weighted by Gasteiger charge is -2.17. The maximum Gasteiger partial charge on any atom is 0.326 e. The van der Waals surface area contributed by atoms with Gasteiger partial charge in [0.1, 0.15) is 11.7 Å². The van der Waals surface area contributed by atoms with E-state index in [1.165, 1.54) is 0 Å². The summed E-state index contributed by atoms with van der Waals surface area (Å²) in [6.07, 6.45) is 0.373. The van der Waals surface area contributed by atoms with Gasteiger partial charge in [-0.3, -0.25) is 9.78 Å². The summed E-state index contributed by atoms with van der Waals surface area (Å²) in [5.41, 5.74) is 2.11. The highest BCUT2D eigenvalue weighted by Gasteiger charge is 2.23. The zero-order valence-electron chi connectivity index (χ0n) is 12.5. The Morgan fingerprint density at radius 2 is 1.65 bits per heavy atom.